The zero-order chi connectivity index (χ0) is 17.7. The number of nitrogens with one attached hydrogen (secondary N) is 2. The molecule has 0 fully saturated rings. The van der Waals surface area contributed by atoms with Gasteiger partial charge >= 0.3 is 6.03 Å². The largest absolute Gasteiger partial charge is 0.466 e. The fourth-order valence-electron chi connectivity index (χ4n) is 3.38. The van der Waals surface area contributed by atoms with Gasteiger partial charge in [0.05, 0.1) is 6.04 Å². The van der Waals surface area contributed by atoms with Gasteiger partial charge in [-0.2, -0.15) is 0 Å². The van der Waals surface area contributed by atoms with Crippen molar-refractivity contribution in [1.82, 2.24) is 10.6 Å². The number of amides is 3. The molecule has 0 aliphatic heterocycles. The van der Waals surface area contributed by atoms with Crippen LogP contribution in [0.5, 0.6) is 0 Å². The molecule has 3 amide bonds. The molecule has 6 nitrogen and oxygen atoms in total. The summed E-state index contributed by atoms with van der Waals surface area (Å²) in [4.78, 5) is 22.8. The Bertz CT molecular complexity index is 592. The maximum atomic E-state index is 12.2. The van der Waals surface area contributed by atoms with E-state index in [0.717, 1.165) is 49.2 Å². The number of hydrogen-bond donors (Lipinski definition) is 3. The third-order valence-corrected chi connectivity index (χ3v) is 4.45. The molecule has 2 rings (SSSR count). The Hall–Kier alpha value is -1.98. The predicted octanol–water partition coefficient (Wildman–Crippen LogP) is 2.95. The van der Waals surface area contributed by atoms with Crippen molar-refractivity contribution in [3.63, 3.8) is 0 Å². The van der Waals surface area contributed by atoms with E-state index in [-0.39, 0.29) is 17.4 Å². The summed E-state index contributed by atoms with van der Waals surface area (Å²) >= 11 is 0. The lowest BCUT2D eigenvalue weighted by atomic mass is 9.74. The number of nitrogens with two attached hydrogens (primary N) is 1. The van der Waals surface area contributed by atoms with Gasteiger partial charge in [-0.1, -0.05) is 20.3 Å². The first-order chi connectivity index (χ1) is 11.3. The molecule has 134 valence electrons. The average molecular weight is 335 g/mol. The van der Waals surface area contributed by atoms with Gasteiger partial charge in [0.1, 0.15) is 11.5 Å². The van der Waals surface area contributed by atoms with Gasteiger partial charge in [0.2, 0.25) is 5.91 Å². The average Bonchev–Trinajstić information content (AvgIpc) is 2.81. The molecule has 1 aromatic rings. The number of carbonyl (C=O) groups is 2. The van der Waals surface area contributed by atoms with E-state index in [9.17, 15) is 9.59 Å². The molecule has 0 bridgehead atoms. The molecule has 1 atom stereocenters. The second-order valence-electron chi connectivity index (χ2n) is 7.50. The molecule has 4 N–H and O–H groups in total. The topological polar surface area (TPSA) is 97.4 Å². The molecule has 0 saturated carbocycles. The summed E-state index contributed by atoms with van der Waals surface area (Å²) < 4.78 is 5.80. The van der Waals surface area contributed by atoms with Crippen molar-refractivity contribution in [2.45, 2.75) is 65.3 Å². The van der Waals surface area contributed by atoms with E-state index in [2.05, 4.69) is 24.5 Å². The van der Waals surface area contributed by atoms with Gasteiger partial charge in [0.25, 0.3) is 0 Å². The highest BCUT2D eigenvalue weighted by Crippen LogP contribution is 2.42. The lowest BCUT2D eigenvalue weighted by molar-refractivity contribution is -0.122. The van der Waals surface area contributed by atoms with E-state index in [4.69, 9.17) is 10.2 Å². The van der Waals surface area contributed by atoms with Gasteiger partial charge in [0.15, 0.2) is 0 Å². The van der Waals surface area contributed by atoms with E-state index < -0.39 is 6.03 Å². The summed E-state index contributed by atoms with van der Waals surface area (Å²) in [5.41, 5.74) is 6.25. The number of primary amides is 1. The number of carbonyl (C=O) groups excluding carboxylic acids is 2. The maximum absolute atomic E-state index is 12.2. The van der Waals surface area contributed by atoms with Crippen molar-refractivity contribution in [1.29, 1.82) is 0 Å². The SMILES string of the molecule is Cc1cc2c(o1)CC(C)(C)C[C@H]2NC(=O)CCCCCNC(N)=O. The summed E-state index contributed by atoms with van der Waals surface area (Å²) in [5, 5.41) is 5.71. The second kappa shape index (κ2) is 7.73. The van der Waals surface area contributed by atoms with Crippen LogP contribution >= 0.6 is 0 Å². The van der Waals surface area contributed by atoms with Crippen LogP contribution in [-0.4, -0.2) is 18.5 Å². The molecule has 6 heteroatoms. The van der Waals surface area contributed by atoms with Crippen LogP contribution in [0.2, 0.25) is 0 Å². The molecule has 24 heavy (non-hydrogen) atoms. The predicted molar refractivity (Wildman–Crippen MR) is 92.5 cm³/mol. The van der Waals surface area contributed by atoms with Crippen molar-refractivity contribution in [3.8, 4) is 0 Å². The first-order valence-electron chi connectivity index (χ1n) is 8.69. The number of urea groups is 1. The molecular formula is C18H29N3O3. The molecule has 1 aromatic heterocycles. The Labute approximate surface area is 143 Å². The molecular weight excluding hydrogens is 306 g/mol. The Kier molecular flexibility index (Phi) is 5.91. The van der Waals surface area contributed by atoms with E-state index >= 15 is 0 Å². The van der Waals surface area contributed by atoms with Crippen LogP contribution in [0.25, 0.3) is 0 Å². The summed E-state index contributed by atoms with van der Waals surface area (Å²) in [5.74, 6) is 1.98. The van der Waals surface area contributed by atoms with Crippen LogP contribution < -0.4 is 16.4 Å². The van der Waals surface area contributed by atoms with Crippen LogP contribution in [0, 0.1) is 12.3 Å². The van der Waals surface area contributed by atoms with Gasteiger partial charge in [-0.05, 0) is 37.7 Å². The zero-order valence-corrected chi connectivity index (χ0v) is 14.9. The standard InChI is InChI=1S/C18H29N3O3/c1-12-9-13-14(10-18(2,3)11-15(13)24-12)21-16(22)7-5-4-6-8-20-17(19)23/h9,14H,4-8,10-11H2,1-3H3,(H,21,22)(H3,19,20,23)/t14-/m1/s1. The molecule has 0 saturated heterocycles. The Morgan fingerprint density at radius 3 is 2.79 bits per heavy atom. The number of aryl methyl sites for hydroxylation is 1. The van der Waals surface area contributed by atoms with Crippen molar-refractivity contribution in [2.24, 2.45) is 11.1 Å². The number of hydrogen-bond acceptors (Lipinski definition) is 3. The summed E-state index contributed by atoms with van der Waals surface area (Å²) in [7, 11) is 0. The number of unbranched alkanes of at least 4 members (excludes halogenated alkanes) is 2. The first kappa shape index (κ1) is 18.4. The van der Waals surface area contributed by atoms with E-state index in [0.29, 0.717) is 13.0 Å². The molecule has 1 aliphatic rings. The fourth-order valence-corrected chi connectivity index (χ4v) is 3.38. The lowest BCUT2D eigenvalue weighted by Gasteiger charge is -2.34. The normalized spacial score (nSPS) is 18.7. The van der Waals surface area contributed by atoms with Gasteiger partial charge in [-0.25, -0.2) is 4.79 Å². The van der Waals surface area contributed by atoms with E-state index in [1.807, 2.05) is 13.0 Å². The molecule has 1 aliphatic carbocycles. The maximum Gasteiger partial charge on any atom is 0.312 e. The molecule has 1 heterocycles. The van der Waals surface area contributed by atoms with Crippen LogP contribution in [0.4, 0.5) is 4.79 Å². The second-order valence-corrected chi connectivity index (χ2v) is 7.50. The molecule has 0 unspecified atom stereocenters. The molecule has 0 spiro atoms. The number of furan rings is 1. The van der Waals surface area contributed by atoms with Crippen LogP contribution in [0.3, 0.4) is 0 Å². The third-order valence-electron chi connectivity index (χ3n) is 4.45. The quantitative estimate of drug-likeness (QED) is 0.668. The smallest absolute Gasteiger partial charge is 0.312 e. The van der Waals surface area contributed by atoms with Gasteiger partial charge < -0.3 is 20.8 Å². The molecule has 0 radical (unpaired) electrons. The van der Waals surface area contributed by atoms with Gasteiger partial charge in [0, 0.05) is 24.9 Å². The number of fused-ring (bicyclic) bond motifs is 1. The summed E-state index contributed by atoms with van der Waals surface area (Å²) in [6, 6.07) is 1.58. The minimum Gasteiger partial charge on any atom is -0.466 e. The van der Waals surface area contributed by atoms with Crippen molar-refractivity contribution in [2.75, 3.05) is 6.54 Å². The van der Waals surface area contributed by atoms with E-state index in [1.54, 1.807) is 0 Å². The Morgan fingerprint density at radius 1 is 1.33 bits per heavy atom. The van der Waals surface area contributed by atoms with Gasteiger partial charge in [-0.3, -0.25) is 4.79 Å². The highest BCUT2D eigenvalue weighted by atomic mass is 16.3. The third kappa shape index (κ3) is 5.28. The fraction of sp³-hybridized carbons (Fsp3) is 0.667. The number of rotatable bonds is 7. The van der Waals surface area contributed by atoms with Crippen molar-refractivity contribution < 1.29 is 14.0 Å². The van der Waals surface area contributed by atoms with Crippen LogP contribution in [0.15, 0.2) is 10.5 Å². The Balaban J connectivity index is 1.80. The minimum atomic E-state index is -0.501. The van der Waals surface area contributed by atoms with Crippen LogP contribution in [-0.2, 0) is 11.2 Å². The van der Waals surface area contributed by atoms with E-state index in [1.165, 1.54) is 0 Å². The highest BCUT2D eigenvalue weighted by molar-refractivity contribution is 5.76. The minimum absolute atomic E-state index is 0.0326. The summed E-state index contributed by atoms with van der Waals surface area (Å²) in [6.07, 6.45) is 4.86. The molecule has 0 aromatic carbocycles. The lowest BCUT2D eigenvalue weighted by Crippen LogP contribution is -2.35. The monoisotopic (exact) mass is 335 g/mol. The zero-order valence-electron chi connectivity index (χ0n) is 14.9. The first-order valence-corrected chi connectivity index (χ1v) is 8.69. The van der Waals surface area contributed by atoms with Crippen molar-refractivity contribution >= 4 is 11.9 Å². The Morgan fingerprint density at radius 2 is 2.08 bits per heavy atom. The highest BCUT2D eigenvalue weighted by Gasteiger charge is 2.35. The van der Waals surface area contributed by atoms with Gasteiger partial charge in [-0.15, -0.1) is 0 Å². The van der Waals surface area contributed by atoms with Crippen molar-refractivity contribution in [3.05, 3.63) is 23.2 Å². The van der Waals surface area contributed by atoms with Crippen LogP contribution in [0.1, 0.15) is 69.1 Å². The summed E-state index contributed by atoms with van der Waals surface area (Å²) in [6.45, 7) is 6.92.